The van der Waals surface area contributed by atoms with Crippen LogP contribution in [0.4, 0.5) is 0 Å². The Balaban J connectivity index is 2.10. The lowest BCUT2D eigenvalue weighted by Gasteiger charge is -2.31. The molecular weight excluding hydrogens is 476 g/mol. The van der Waals surface area contributed by atoms with Crippen molar-refractivity contribution in [2.75, 3.05) is 0 Å². The molecule has 0 saturated carbocycles. The molecule has 37 heavy (non-hydrogen) atoms. The van der Waals surface area contributed by atoms with Gasteiger partial charge in [-0.25, -0.2) is 0 Å². The molecule has 0 aromatic rings. The normalized spacial score (nSPS) is 37.0. The highest BCUT2D eigenvalue weighted by molar-refractivity contribution is 5.70. The SMILES string of the molecule is CCC(O)C(C)C1OC1CC(C)/C=C/C=C(\C)C1OC(=O)CC(O)CCC(C)(O)C(OC=O)/C=C/C1C. The topological polar surface area (TPSA) is 126 Å². The van der Waals surface area contributed by atoms with Crippen LogP contribution in [0.2, 0.25) is 0 Å². The van der Waals surface area contributed by atoms with Crippen molar-refractivity contribution in [3.63, 3.8) is 0 Å². The second kappa shape index (κ2) is 14.2. The summed E-state index contributed by atoms with van der Waals surface area (Å²) in [6, 6.07) is 0. The Morgan fingerprint density at radius 2 is 2.03 bits per heavy atom. The van der Waals surface area contributed by atoms with Crippen LogP contribution >= 0.6 is 0 Å². The van der Waals surface area contributed by atoms with E-state index in [1.165, 1.54) is 0 Å². The lowest BCUT2D eigenvalue weighted by molar-refractivity contribution is -0.152. The van der Waals surface area contributed by atoms with Gasteiger partial charge in [0.1, 0.15) is 17.8 Å². The Morgan fingerprint density at radius 1 is 1.32 bits per heavy atom. The molecule has 0 amide bonds. The maximum Gasteiger partial charge on any atom is 0.309 e. The largest absolute Gasteiger partial charge is 0.457 e. The van der Waals surface area contributed by atoms with Crippen molar-refractivity contribution in [3.8, 4) is 0 Å². The van der Waals surface area contributed by atoms with Crippen molar-refractivity contribution < 1.29 is 39.1 Å². The molecule has 210 valence electrons. The molecule has 1 saturated heterocycles. The highest BCUT2D eigenvalue weighted by Crippen LogP contribution is 2.36. The van der Waals surface area contributed by atoms with E-state index in [0.717, 1.165) is 18.4 Å². The minimum atomic E-state index is -1.39. The number of rotatable bonds is 10. The zero-order valence-corrected chi connectivity index (χ0v) is 23.1. The van der Waals surface area contributed by atoms with Crippen LogP contribution in [0.25, 0.3) is 0 Å². The summed E-state index contributed by atoms with van der Waals surface area (Å²) >= 11 is 0. The molecule has 0 aromatic carbocycles. The van der Waals surface area contributed by atoms with Gasteiger partial charge < -0.3 is 29.5 Å². The Hall–Kier alpha value is -2.00. The highest BCUT2D eigenvalue weighted by Gasteiger charge is 2.45. The van der Waals surface area contributed by atoms with Crippen LogP contribution in [0, 0.1) is 17.8 Å². The van der Waals surface area contributed by atoms with Crippen molar-refractivity contribution in [2.24, 2.45) is 17.8 Å². The van der Waals surface area contributed by atoms with Gasteiger partial charge >= 0.3 is 5.97 Å². The molecule has 2 aliphatic rings. The van der Waals surface area contributed by atoms with Gasteiger partial charge in [-0.3, -0.25) is 9.59 Å². The number of aliphatic hydroxyl groups excluding tert-OH is 2. The third kappa shape index (κ3) is 9.67. The predicted octanol–water partition coefficient (Wildman–Crippen LogP) is 3.63. The summed E-state index contributed by atoms with van der Waals surface area (Å²) in [7, 11) is 0. The van der Waals surface area contributed by atoms with E-state index in [9.17, 15) is 24.9 Å². The molecule has 0 aliphatic carbocycles. The lowest BCUT2D eigenvalue weighted by Crippen LogP contribution is -2.41. The first-order valence-corrected chi connectivity index (χ1v) is 13.4. The van der Waals surface area contributed by atoms with E-state index in [1.54, 1.807) is 19.1 Å². The van der Waals surface area contributed by atoms with Crippen LogP contribution in [-0.2, 0) is 23.8 Å². The average Bonchev–Trinajstić information content (AvgIpc) is 3.60. The average molecular weight is 523 g/mol. The maximum atomic E-state index is 12.5. The smallest absolute Gasteiger partial charge is 0.309 e. The van der Waals surface area contributed by atoms with Gasteiger partial charge in [0.2, 0.25) is 0 Å². The Bertz CT molecular complexity index is 832. The third-order valence-corrected chi connectivity index (χ3v) is 7.54. The number of carbonyl (C=O) groups excluding carboxylic acids is 2. The zero-order chi connectivity index (χ0) is 27.8. The van der Waals surface area contributed by atoms with E-state index in [0.29, 0.717) is 6.47 Å². The molecule has 8 heteroatoms. The number of aliphatic hydroxyl groups is 3. The molecule has 2 aliphatic heterocycles. The van der Waals surface area contributed by atoms with E-state index >= 15 is 0 Å². The van der Waals surface area contributed by atoms with E-state index in [4.69, 9.17) is 14.2 Å². The number of hydrogen-bond acceptors (Lipinski definition) is 8. The third-order valence-electron chi connectivity index (χ3n) is 7.54. The second-order valence-electron chi connectivity index (χ2n) is 11.0. The minimum absolute atomic E-state index is 0.106. The maximum absolute atomic E-state index is 12.5. The van der Waals surface area contributed by atoms with Crippen molar-refractivity contribution in [1.82, 2.24) is 0 Å². The summed E-state index contributed by atoms with van der Waals surface area (Å²) in [5.74, 6) is -0.399. The van der Waals surface area contributed by atoms with E-state index in [1.807, 2.05) is 39.8 Å². The molecular formula is C29H46O8. The molecule has 10 unspecified atom stereocenters. The zero-order valence-electron chi connectivity index (χ0n) is 23.1. The molecule has 0 aromatic heterocycles. The summed E-state index contributed by atoms with van der Waals surface area (Å²) in [5, 5.41) is 31.1. The molecule has 0 bridgehead atoms. The second-order valence-corrected chi connectivity index (χ2v) is 11.0. The van der Waals surface area contributed by atoms with Crippen LogP contribution in [-0.4, -0.2) is 70.0 Å². The van der Waals surface area contributed by atoms with Gasteiger partial charge in [-0.05, 0) is 57.1 Å². The summed E-state index contributed by atoms with van der Waals surface area (Å²) in [5.41, 5.74) is -0.572. The number of carbonyl (C=O) groups is 2. The Labute approximate surface area is 221 Å². The van der Waals surface area contributed by atoms with Gasteiger partial charge in [0, 0.05) is 11.8 Å². The lowest BCUT2D eigenvalue weighted by atomic mass is 9.89. The number of ether oxygens (including phenoxy) is 3. The number of allylic oxidation sites excluding steroid dienone is 3. The van der Waals surface area contributed by atoms with Gasteiger partial charge in [-0.1, -0.05) is 52.0 Å². The van der Waals surface area contributed by atoms with Crippen LogP contribution in [0.1, 0.15) is 73.6 Å². The molecule has 8 nitrogen and oxygen atoms in total. The van der Waals surface area contributed by atoms with Gasteiger partial charge in [0.05, 0.1) is 30.8 Å². The minimum Gasteiger partial charge on any atom is -0.457 e. The van der Waals surface area contributed by atoms with Gasteiger partial charge in [-0.2, -0.15) is 0 Å². The van der Waals surface area contributed by atoms with Crippen molar-refractivity contribution >= 4 is 12.4 Å². The Kier molecular flexibility index (Phi) is 12.0. The van der Waals surface area contributed by atoms with E-state index in [-0.39, 0.29) is 55.3 Å². The van der Waals surface area contributed by atoms with Crippen LogP contribution in [0.3, 0.4) is 0 Å². The fourth-order valence-electron chi connectivity index (χ4n) is 4.87. The summed E-state index contributed by atoms with van der Waals surface area (Å²) < 4.78 is 16.7. The molecule has 1 fully saturated rings. The van der Waals surface area contributed by atoms with Crippen LogP contribution in [0.5, 0.6) is 0 Å². The number of hydrogen-bond donors (Lipinski definition) is 3. The molecule has 0 spiro atoms. The van der Waals surface area contributed by atoms with Crippen molar-refractivity contribution in [3.05, 3.63) is 36.0 Å². The fraction of sp³-hybridized carbons (Fsp3) is 0.724. The van der Waals surface area contributed by atoms with E-state index < -0.39 is 29.9 Å². The summed E-state index contributed by atoms with van der Waals surface area (Å²) in [6.45, 7) is 11.7. The standard InChI is InChI=1S/C29H46O8/c1-7-23(32)21(5)28-24(36-28)15-18(2)9-8-10-19(3)27-20(4)11-12-25(35-17-30)29(6,34)14-13-22(31)16-26(33)37-27/h8-12,17-18,20-25,27-28,31-32,34H,7,13-16H2,1-6H3/b9-8+,12-11+,19-10+. The van der Waals surface area contributed by atoms with Gasteiger partial charge in [0.25, 0.3) is 6.47 Å². The predicted molar refractivity (Wildman–Crippen MR) is 140 cm³/mol. The molecule has 2 rings (SSSR count). The number of esters is 1. The first-order valence-electron chi connectivity index (χ1n) is 13.4. The highest BCUT2D eigenvalue weighted by atomic mass is 16.6. The van der Waals surface area contributed by atoms with Crippen molar-refractivity contribution in [1.29, 1.82) is 0 Å². The first-order chi connectivity index (χ1) is 17.4. The van der Waals surface area contributed by atoms with Crippen molar-refractivity contribution in [2.45, 2.75) is 116 Å². The molecule has 10 atom stereocenters. The summed E-state index contributed by atoms with van der Waals surface area (Å²) in [4.78, 5) is 23.6. The van der Waals surface area contributed by atoms with Gasteiger partial charge in [-0.15, -0.1) is 0 Å². The van der Waals surface area contributed by atoms with Crippen LogP contribution in [0.15, 0.2) is 36.0 Å². The molecule has 3 N–H and O–H groups in total. The number of epoxide rings is 1. The first kappa shape index (κ1) is 31.2. The quantitative estimate of drug-likeness (QED) is 0.131. The monoisotopic (exact) mass is 522 g/mol. The van der Waals surface area contributed by atoms with E-state index in [2.05, 4.69) is 13.0 Å². The molecule has 0 radical (unpaired) electrons. The number of cyclic esters (lactones) is 1. The molecule has 2 heterocycles. The summed E-state index contributed by atoms with van der Waals surface area (Å²) in [6.07, 6.45) is 8.48. The fourth-order valence-corrected chi connectivity index (χ4v) is 4.87. The van der Waals surface area contributed by atoms with Gasteiger partial charge in [0.15, 0.2) is 0 Å². The van der Waals surface area contributed by atoms with Crippen LogP contribution < -0.4 is 0 Å². The Morgan fingerprint density at radius 3 is 2.68 bits per heavy atom.